The van der Waals surface area contributed by atoms with Crippen molar-refractivity contribution in [1.82, 2.24) is 15.2 Å². The van der Waals surface area contributed by atoms with E-state index in [9.17, 15) is 0 Å². The maximum absolute atomic E-state index is 5.70. The number of aromatic nitrogens is 1. The lowest BCUT2D eigenvalue weighted by molar-refractivity contribution is 0.101. The van der Waals surface area contributed by atoms with Crippen LogP contribution in [0, 0.1) is 0 Å². The molecule has 0 radical (unpaired) electrons. The lowest BCUT2D eigenvalue weighted by Crippen LogP contribution is -2.31. The third kappa shape index (κ3) is 4.90. The fraction of sp³-hybridized carbons (Fsp3) is 0.538. The van der Waals surface area contributed by atoms with E-state index < -0.39 is 0 Å². The van der Waals surface area contributed by atoms with Crippen molar-refractivity contribution < 1.29 is 9.47 Å². The van der Waals surface area contributed by atoms with Crippen LogP contribution in [-0.4, -0.2) is 75.2 Å². The Kier molecular flexibility index (Phi) is 6.90. The van der Waals surface area contributed by atoms with Gasteiger partial charge in [0.05, 0.1) is 17.5 Å². The van der Waals surface area contributed by atoms with Crippen molar-refractivity contribution in [3.8, 4) is 5.88 Å². The van der Waals surface area contributed by atoms with Crippen LogP contribution in [0.25, 0.3) is 0 Å². The summed E-state index contributed by atoms with van der Waals surface area (Å²) in [7, 11) is 3.74. The van der Waals surface area contributed by atoms with Gasteiger partial charge < -0.3 is 19.7 Å². The van der Waals surface area contributed by atoms with E-state index >= 15 is 0 Å². The number of likely N-dealkylation sites (N-methyl/N-ethyl adjacent to an activating group) is 1. The number of anilines is 1. The summed E-state index contributed by atoms with van der Waals surface area (Å²) in [6, 6.07) is 11.3. The number of methoxy groups -OCH3 is 1. The molecule has 0 saturated carbocycles. The third-order valence-corrected chi connectivity index (χ3v) is 7.11. The minimum atomic E-state index is 0.312. The van der Waals surface area contributed by atoms with Gasteiger partial charge in [-0.15, -0.1) is 0 Å². The Morgan fingerprint density at radius 2 is 2.00 bits per heavy atom. The van der Waals surface area contributed by atoms with E-state index in [2.05, 4.69) is 44.4 Å². The van der Waals surface area contributed by atoms with E-state index in [1.54, 1.807) is 0 Å². The van der Waals surface area contributed by atoms with Crippen LogP contribution < -0.4 is 15.0 Å². The van der Waals surface area contributed by atoms with E-state index in [0.717, 1.165) is 62.5 Å². The third-order valence-electron chi connectivity index (χ3n) is 7.11. The zero-order valence-corrected chi connectivity index (χ0v) is 19.8. The van der Waals surface area contributed by atoms with Gasteiger partial charge in [-0.1, -0.05) is 6.07 Å². The molecule has 176 valence electrons. The fourth-order valence-electron chi connectivity index (χ4n) is 5.20. The molecule has 3 aliphatic rings. The predicted molar refractivity (Wildman–Crippen MR) is 132 cm³/mol. The van der Waals surface area contributed by atoms with Gasteiger partial charge in [0, 0.05) is 75.8 Å². The summed E-state index contributed by atoms with van der Waals surface area (Å²) in [6.07, 6.45) is 6.73. The molecule has 7 nitrogen and oxygen atoms in total. The largest absolute Gasteiger partial charge is 0.476 e. The number of likely N-dealkylation sites (tertiary alicyclic amines) is 1. The second-order valence-corrected chi connectivity index (χ2v) is 9.19. The molecule has 33 heavy (non-hydrogen) atoms. The van der Waals surface area contributed by atoms with Gasteiger partial charge in [-0.05, 0) is 50.1 Å². The summed E-state index contributed by atoms with van der Waals surface area (Å²) in [4.78, 5) is 14.7. The minimum absolute atomic E-state index is 0.312. The normalized spacial score (nSPS) is 23.0. The van der Waals surface area contributed by atoms with Crippen LogP contribution in [0.4, 0.5) is 11.4 Å². The van der Waals surface area contributed by atoms with Crippen LogP contribution in [0.5, 0.6) is 5.88 Å². The molecule has 1 aromatic heterocycles. The molecule has 0 aliphatic carbocycles. The quantitative estimate of drug-likeness (QED) is 0.622. The molecular formula is C26H35N5O2. The minimum Gasteiger partial charge on any atom is -0.476 e. The van der Waals surface area contributed by atoms with Gasteiger partial charge in [0.1, 0.15) is 6.61 Å². The van der Waals surface area contributed by atoms with Crippen molar-refractivity contribution in [2.75, 3.05) is 58.4 Å². The summed E-state index contributed by atoms with van der Waals surface area (Å²) in [6.45, 7) is 5.71. The second-order valence-electron chi connectivity index (χ2n) is 9.19. The highest BCUT2D eigenvalue weighted by atomic mass is 16.5. The molecule has 0 spiro atoms. The number of pyridine rings is 1. The Bertz CT molecular complexity index is 971. The first-order valence-electron chi connectivity index (χ1n) is 12.2. The van der Waals surface area contributed by atoms with Crippen molar-refractivity contribution >= 4 is 17.1 Å². The predicted octanol–water partition coefficient (Wildman–Crippen LogP) is 3.57. The molecule has 2 unspecified atom stereocenters. The highest BCUT2D eigenvalue weighted by Crippen LogP contribution is 2.42. The van der Waals surface area contributed by atoms with Gasteiger partial charge in [0.15, 0.2) is 0 Å². The van der Waals surface area contributed by atoms with Crippen LogP contribution >= 0.6 is 0 Å². The molecule has 2 fully saturated rings. The van der Waals surface area contributed by atoms with Crippen LogP contribution in [0.3, 0.4) is 0 Å². The molecular weight excluding hydrogens is 414 g/mol. The summed E-state index contributed by atoms with van der Waals surface area (Å²) in [5.41, 5.74) is 5.89. The lowest BCUT2D eigenvalue weighted by Gasteiger charge is -2.33. The maximum atomic E-state index is 5.70. The van der Waals surface area contributed by atoms with Gasteiger partial charge in [-0.3, -0.25) is 9.89 Å². The molecule has 2 saturated heterocycles. The van der Waals surface area contributed by atoms with Gasteiger partial charge in [-0.25, -0.2) is 4.98 Å². The number of nitrogens with one attached hydrogen (secondary N) is 1. The Labute approximate surface area is 196 Å². The van der Waals surface area contributed by atoms with Gasteiger partial charge in [-0.2, -0.15) is 0 Å². The SMILES string of the molecule is CNCCOc1ccc(C2=Nc3cc(N4CCCC4)ccc3C(N3CCC(OC)C3)C2)cn1. The van der Waals surface area contributed by atoms with Crippen molar-refractivity contribution in [1.29, 1.82) is 0 Å². The molecule has 5 rings (SSSR count). The first-order chi connectivity index (χ1) is 16.2. The zero-order chi connectivity index (χ0) is 22.6. The van der Waals surface area contributed by atoms with Crippen molar-refractivity contribution in [3.63, 3.8) is 0 Å². The lowest BCUT2D eigenvalue weighted by atomic mass is 9.92. The van der Waals surface area contributed by atoms with Crippen LogP contribution in [-0.2, 0) is 4.74 Å². The molecule has 0 amide bonds. The molecule has 2 aromatic rings. The molecule has 0 bridgehead atoms. The van der Waals surface area contributed by atoms with Crippen LogP contribution in [0.1, 0.15) is 42.9 Å². The smallest absolute Gasteiger partial charge is 0.213 e. The van der Waals surface area contributed by atoms with Gasteiger partial charge in [0.25, 0.3) is 0 Å². The van der Waals surface area contributed by atoms with E-state index in [0.29, 0.717) is 24.6 Å². The summed E-state index contributed by atoms with van der Waals surface area (Å²) in [5, 5.41) is 3.09. The van der Waals surface area contributed by atoms with Crippen LogP contribution in [0.15, 0.2) is 41.5 Å². The number of nitrogens with zero attached hydrogens (tertiary/aromatic N) is 4. The number of hydrogen-bond acceptors (Lipinski definition) is 7. The molecule has 3 aliphatic heterocycles. The van der Waals surface area contributed by atoms with Gasteiger partial charge >= 0.3 is 0 Å². The summed E-state index contributed by atoms with van der Waals surface area (Å²) >= 11 is 0. The number of hydrogen-bond donors (Lipinski definition) is 1. The van der Waals surface area contributed by atoms with Crippen molar-refractivity contribution in [2.45, 2.75) is 37.8 Å². The highest BCUT2D eigenvalue weighted by molar-refractivity contribution is 6.03. The number of fused-ring (bicyclic) bond motifs is 1. The molecule has 1 N–H and O–H groups in total. The van der Waals surface area contributed by atoms with Crippen molar-refractivity contribution in [2.24, 2.45) is 4.99 Å². The van der Waals surface area contributed by atoms with E-state index in [-0.39, 0.29) is 0 Å². The van der Waals surface area contributed by atoms with Crippen LogP contribution in [0.2, 0.25) is 0 Å². The summed E-state index contributed by atoms with van der Waals surface area (Å²) < 4.78 is 11.4. The topological polar surface area (TPSA) is 62.2 Å². The number of aliphatic imine (C=N–C) groups is 1. The Morgan fingerprint density at radius 3 is 2.73 bits per heavy atom. The average molecular weight is 450 g/mol. The van der Waals surface area contributed by atoms with E-state index in [1.807, 2.05) is 26.4 Å². The number of ether oxygens (including phenoxy) is 2. The Balaban J connectivity index is 1.44. The van der Waals surface area contributed by atoms with E-state index in [1.165, 1.54) is 24.1 Å². The standard InChI is InChI=1S/C26H35N5O2/c1-27-10-14-33-26-8-5-19(17-28-26)23-16-25(31-13-9-21(18-31)32-2)22-7-6-20(15-24(22)29-23)30-11-3-4-12-30/h5-8,15,17,21,25,27H,3-4,9-14,16,18H2,1-2H3. The van der Waals surface area contributed by atoms with E-state index in [4.69, 9.17) is 14.5 Å². The zero-order valence-electron chi connectivity index (χ0n) is 19.8. The highest BCUT2D eigenvalue weighted by Gasteiger charge is 2.34. The Hall–Kier alpha value is -2.48. The number of rotatable bonds is 8. The number of benzene rings is 1. The first kappa shape index (κ1) is 22.3. The van der Waals surface area contributed by atoms with Crippen molar-refractivity contribution in [3.05, 3.63) is 47.7 Å². The fourth-order valence-corrected chi connectivity index (χ4v) is 5.20. The molecule has 2 atom stereocenters. The molecule has 7 heteroatoms. The second kappa shape index (κ2) is 10.2. The molecule has 1 aromatic carbocycles. The first-order valence-corrected chi connectivity index (χ1v) is 12.2. The molecule has 4 heterocycles. The van der Waals surface area contributed by atoms with Gasteiger partial charge in [0.2, 0.25) is 5.88 Å². The average Bonchev–Trinajstić information content (AvgIpc) is 3.56. The Morgan fingerprint density at radius 1 is 1.12 bits per heavy atom. The summed E-state index contributed by atoms with van der Waals surface area (Å²) in [5.74, 6) is 0.654. The monoisotopic (exact) mass is 449 g/mol. The maximum Gasteiger partial charge on any atom is 0.213 e.